The van der Waals surface area contributed by atoms with Crippen LogP contribution in [0.2, 0.25) is 0 Å². The van der Waals surface area contributed by atoms with Crippen LogP contribution >= 0.6 is 0 Å². The smallest absolute Gasteiger partial charge is 0.179 e. The number of rotatable bonds is 3. The monoisotopic (exact) mass is 220 g/mol. The standard InChI is InChI=1S/C13H20N2O/c1-8-6-9(2)13(14)12(10(8)3)11(16)7-15(4)5/h6H,7,14H2,1-5H3. The van der Waals surface area contributed by atoms with Gasteiger partial charge in [0.15, 0.2) is 5.78 Å². The number of Topliss-reactive ketones (excluding diaryl/α,β-unsaturated/α-hetero) is 1. The maximum absolute atomic E-state index is 12.1. The lowest BCUT2D eigenvalue weighted by molar-refractivity contribution is 0.0958. The van der Waals surface area contributed by atoms with Gasteiger partial charge in [0.1, 0.15) is 0 Å². The van der Waals surface area contributed by atoms with Gasteiger partial charge in [0.2, 0.25) is 0 Å². The Morgan fingerprint density at radius 2 is 1.81 bits per heavy atom. The Morgan fingerprint density at radius 3 is 2.31 bits per heavy atom. The molecule has 1 aromatic rings. The molecule has 3 heteroatoms. The molecule has 0 unspecified atom stereocenters. The second-order valence-corrected chi connectivity index (χ2v) is 4.58. The Balaban J connectivity index is 3.27. The van der Waals surface area contributed by atoms with E-state index in [2.05, 4.69) is 0 Å². The summed E-state index contributed by atoms with van der Waals surface area (Å²) in [4.78, 5) is 13.9. The lowest BCUT2D eigenvalue weighted by Gasteiger charge is -2.15. The van der Waals surface area contributed by atoms with Gasteiger partial charge in [-0.1, -0.05) is 6.07 Å². The molecule has 88 valence electrons. The summed E-state index contributed by atoms with van der Waals surface area (Å²) in [6, 6.07) is 2.02. The summed E-state index contributed by atoms with van der Waals surface area (Å²) in [5.41, 5.74) is 10.4. The van der Waals surface area contributed by atoms with Crippen molar-refractivity contribution in [3.05, 3.63) is 28.3 Å². The Bertz CT molecular complexity index is 396. The van der Waals surface area contributed by atoms with Crippen molar-refractivity contribution in [2.45, 2.75) is 20.8 Å². The molecule has 0 aliphatic carbocycles. The van der Waals surface area contributed by atoms with Crippen molar-refractivity contribution in [2.24, 2.45) is 0 Å². The molecule has 0 bridgehead atoms. The number of ketones is 1. The van der Waals surface area contributed by atoms with Crippen LogP contribution in [0, 0.1) is 20.8 Å². The average Bonchev–Trinajstić information content (AvgIpc) is 2.14. The van der Waals surface area contributed by atoms with Crippen LogP contribution in [-0.4, -0.2) is 31.3 Å². The first kappa shape index (κ1) is 12.7. The number of carbonyl (C=O) groups is 1. The molecule has 0 aliphatic rings. The third-order valence-corrected chi connectivity index (χ3v) is 2.83. The summed E-state index contributed by atoms with van der Waals surface area (Å²) in [6.07, 6.45) is 0. The van der Waals surface area contributed by atoms with Gasteiger partial charge < -0.3 is 10.6 Å². The van der Waals surface area contributed by atoms with Crippen LogP contribution < -0.4 is 5.73 Å². The van der Waals surface area contributed by atoms with E-state index in [0.717, 1.165) is 16.7 Å². The summed E-state index contributed by atoms with van der Waals surface area (Å²) in [5, 5.41) is 0. The third-order valence-electron chi connectivity index (χ3n) is 2.83. The number of nitrogens with zero attached hydrogens (tertiary/aromatic N) is 1. The largest absolute Gasteiger partial charge is 0.398 e. The van der Waals surface area contributed by atoms with E-state index in [4.69, 9.17) is 5.73 Å². The Morgan fingerprint density at radius 1 is 1.25 bits per heavy atom. The second kappa shape index (κ2) is 4.66. The molecule has 2 N–H and O–H groups in total. The van der Waals surface area contributed by atoms with Gasteiger partial charge in [-0.05, 0) is 51.6 Å². The maximum Gasteiger partial charge on any atom is 0.179 e. The molecule has 0 fully saturated rings. The number of carbonyl (C=O) groups excluding carboxylic acids is 1. The second-order valence-electron chi connectivity index (χ2n) is 4.58. The number of anilines is 1. The maximum atomic E-state index is 12.1. The van der Waals surface area contributed by atoms with Gasteiger partial charge in [0.25, 0.3) is 0 Å². The zero-order chi connectivity index (χ0) is 12.5. The predicted octanol–water partition coefficient (Wildman–Crippen LogP) is 1.94. The molecular weight excluding hydrogens is 200 g/mol. The van der Waals surface area contributed by atoms with Gasteiger partial charge in [-0.25, -0.2) is 0 Å². The predicted molar refractivity (Wildman–Crippen MR) is 67.9 cm³/mol. The van der Waals surface area contributed by atoms with Crippen molar-refractivity contribution in [1.82, 2.24) is 4.90 Å². The Labute approximate surface area is 97.2 Å². The first-order valence-electron chi connectivity index (χ1n) is 5.38. The summed E-state index contributed by atoms with van der Waals surface area (Å²) < 4.78 is 0. The molecule has 0 saturated carbocycles. The van der Waals surface area contributed by atoms with Crippen LogP contribution in [0.1, 0.15) is 27.0 Å². The fourth-order valence-corrected chi connectivity index (χ4v) is 1.83. The van der Waals surface area contributed by atoms with Crippen molar-refractivity contribution in [1.29, 1.82) is 0 Å². The molecule has 0 saturated heterocycles. The molecule has 0 spiro atoms. The topological polar surface area (TPSA) is 46.3 Å². The lowest BCUT2D eigenvalue weighted by atomic mass is 9.95. The van der Waals surface area contributed by atoms with E-state index in [1.807, 2.05) is 45.8 Å². The highest BCUT2D eigenvalue weighted by Crippen LogP contribution is 2.24. The number of nitrogen functional groups attached to an aromatic ring is 1. The van der Waals surface area contributed by atoms with E-state index in [-0.39, 0.29) is 5.78 Å². The van der Waals surface area contributed by atoms with Crippen molar-refractivity contribution in [3.8, 4) is 0 Å². The van der Waals surface area contributed by atoms with E-state index < -0.39 is 0 Å². The third kappa shape index (κ3) is 2.42. The zero-order valence-electron chi connectivity index (χ0n) is 10.7. The summed E-state index contributed by atoms with van der Waals surface area (Å²) in [6.45, 7) is 6.30. The minimum atomic E-state index is 0.0896. The fraction of sp³-hybridized carbons (Fsp3) is 0.462. The van der Waals surface area contributed by atoms with Crippen LogP contribution in [0.25, 0.3) is 0 Å². The van der Waals surface area contributed by atoms with Crippen molar-refractivity contribution in [3.63, 3.8) is 0 Å². The van der Waals surface area contributed by atoms with Crippen molar-refractivity contribution >= 4 is 11.5 Å². The molecule has 0 aromatic heterocycles. The fourth-order valence-electron chi connectivity index (χ4n) is 1.83. The quantitative estimate of drug-likeness (QED) is 0.625. The summed E-state index contributed by atoms with van der Waals surface area (Å²) >= 11 is 0. The van der Waals surface area contributed by atoms with Gasteiger partial charge in [-0.2, -0.15) is 0 Å². The molecule has 1 aromatic carbocycles. The molecule has 0 aliphatic heterocycles. The van der Waals surface area contributed by atoms with Gasteiger partial charge >= 0.3 is 0 Å². The minimum Gasteiger partial charge on any atom is -0.398 e. The molecule has 0 amide bonds. The zero-order valence-corrected chi connectivity index (χ0v) is 10.7. The minimum absolute atomic E-state index is 0.0896. The highest BCUT2D eigenvalue weighted by molar-refractivity contribution is 6.04. The van der Waals surface area contributed by atoms with Crippen LogP contribution in [-0.2, 0) is 0 Å². The Kier molecular flexibility index (Phi) is 3.70. The number of hydrogen-bond acceptors (Lipinski definition) is 3. The van der Waals surface area contributed by atoms with Crippen molar-refractivity contribution in [2.75, 3.05) is 26.4 Å². The molecule has 1 rings (SSSR count). The van der Waals surface area contributed by atoms with E-state index in [0.29, 0.717) is 17.8 Å². The summed E-state index contributed by atoms with van der Waals surface area (Å²) in [5.74, 6) is 0.0896. The number of benzene rings is 1. The molecule has 0 atom stereocenters. The normalized spacial score (nSPS) is 10.9. The Hall–Kier alpha value is -1.35. The van der Waals surface area contributed by atoms with Crippen LogP contribution in [0.4, 0.5) is 5.69 Å². The number of hydrogen-bond donors (Lipinski definition) is 1. The number of aryl methyl sites for hydroxylation is 2. The van der Waals surface area contributed by atoms with Crippen molar-refractivity contribution < 1.29 is 4.79 Å². The van der Waals surface area contributed by atoms with Crippen LogP contribution in [0.15, 0.2) is 6.07 Å². The SMILES string of the molecule is Cc1cc(C)c(N)c(C(=O)CN(C)C)c1C. The first-order chi connectivity index (χ1) is 7.34. The van der Waals surface area contributed by atoms with Gasteiger partial charge in [-0.3, -0.25) is 4.79 Å². The van der Waals surface area contributed by atoms with E-state index >= 15 is 0 Å². The van der Waals surface area contributed by atoms with Gasteiger partial charge in [0, 0.05) is 11.3 Å². The molecule has 0 radical (unpaired) electrons. The van der Waals surface area contributed by atoms with E-state index in [1.165, 1.54) is 0 Å². The first-order valence-corrected chi connectivity index (χ1v) is 5.38. The highest BCUT2D eigenvalue weighted by atomic mass is 16.1. The number of likely N-dealkylation sites (N-methyl/N-ethyl adjacent to an activating group) is 1. The van der Waals surface area contributed by atoms with Crippen LogP contribution in [0.3, 0.4) is 0 Å². The molecular formula is C13H20N2O. The van der Waals surface area contributed by atoms with Gasteiger partial charge in [-0.15, -0.1) is 0 Å². The number of nitrogens with two attached hydrogens (primary N) is 1. The molecule has 0 heterocycles. The highest BCUT2D eigenvalue weighted by Gasteiger charge is 2.16. The van der Waals surface area contributed by atoms with Crippen LogP contribution in [0.5, 0.6) is 0 Å². The van der Waals surface area contributed by atoms with Gasteiger partial charge in [0.05, 0.1) is 6.54 Å². The van der Waals surface area contributed by atoms with E-state index in [1.54, 1.807) is 0 Å². The summed E-state index contributed by atoms with van der Waals surface area (Å²) in [7, 11) is 3.76. The molecule has 3 nitrogen and oxygen atoms in total. The average molecular weight is 220 g/mol. The molecule has 16 heavy (non-hydrogen) atoms. The van der Waals surface area contributed by atoms with E-state index in [9.17, 15) is 4.79 Å². The lowest BCUT2D eigenvalue weighted by Crippen LogP contribution is -2.23.